The van der Waals surface area contributed by atoms with Crippen molar-refractivity contribution < 1.29 is 14.7 Å². The van der Waals surface area contributed by atoms with Crippen LogP contribution in [-0.4, -0.2) is 44.9 Å². The molecule has 178 valence electrons. The fourth-order valence-corrected chi connectivity index (χ4v) is 7.95. The van der Waals surface area contributed by atoms with Crippen LogP contribution < -0.4 is 10.9 Å². The Labute approximate surface area is 202 Å². The normalized spacial score (nSPS) is 28.7. The number of carbonyl (C=O) groups is 2. The van der Waals surface area contributed by atoms with Crippen molar-refractivity contribution in [2.45, 2.75) is 51.7 Å². The largest absolute Gasteiger partial charge is 0.502 e. The van der Waals surface area contributed by atoms with Crippen molar-refractivity contribution in [2.24, 2.45) is 11.3 Å². The molecular formula is C26H29N3O4S. The molecule has 2 fully saturated rings. The fourth-order valence-electron chi connectivity index (χ4n) is 6.84. The maximum absolute atomic E-state index is 13.6. The standard InChI is InChI=1S/C26H29N3O4S/c1-14-4-5-16(10-15(14)2)12-28-9-7-18-19(23(28)32)21(30)24(33)29-20(18)22(31)27-26(29)8-6-17-11-25(17,26)13-34-3/h4-5,10,17,30H,6-9,11-13H2,1-3H3,(H,27,31). The van der Waals surface area contributed by atoms with Crippen LogP contribution >= 0.6 is 11.8 Å². The van der Waals surface area contributed by atoms with Gasteiger partial charge in [-0.25, -0.2) is 0 Å². The number of carbonyl (C=O) groups excluding carboxylic acids is 2. The first kappa shape index (κ1) is 21.8. The SMILES string of the molecule is CSCC12CC1CCC21NC(=O)c2c3c(c(O)c(=O)n21)C(=O)N(Cc1ccc(C)c(C)c1)CC3. The predicted octanol–water partition coefficient (Wildman–Crippen LogP) is 2.93. The van der Waals surface area contributed by atoms with Crippen molar-refractivity contribution in [3.63, 3.8) is 0 Å². The van der Waals surface area contributed by atoms with Gasteiger partial charge in [-0.3, -0.25) is 19.0 Å². The number of benzene rings is 1. The zero-order valence-electron chi connectivity index (χ0n) is 19.7. The average Bonchev–Trinajstić information content (AvgIpc) is 3.33. The number of aryl methyl sites for hydroxylation is 2. The van der Waals surface area contributed by atoms with Gasteiger partial charge >= 0.3 is 0 Å². The third kappa shape index (κ3) is 2.63. The molecule has 2 aromatic rings. The van der Waals surface area contributed by atoms with Crippen LogP contribution in [-0.2, 0) is 18.6 Å². The van der Waals surface area contributed by atoms with Crippen LogP contribution in [0.2, 0.25) is 0 Å². The predicted molar refractivity (Wildman–Crippen MR) is 130 cm³/mol. The van der Waals surface area contributed by atoms with Crippen LogP contribution in [0.4, 0.5) is 0 Å². The summed E-state index contributed by atoms with van der Waals surface area (Å²) in [5, 5.41) is 14.2. The molecule has 2 aliphatic heterocycles. The van der Waals surface area contributed by atoms with Crippen LogP contribution in [0.25, 0.3) is 0 Å². The Bertz CT molecular complexity index is 1330. The highest BCUT2D eigenvalue weighted by atomic mass is 32.2. The van der Waals surface area contributed by atoms with Crippen LogP contribution in [0.15, 0.2) is 23.0 Å². The maximum atomic E-state index is 13.6. The molecule has 3 heterocycles. The Hall–Kier alpha value is -2.74. The number of aromatic hydroxyl groups is 1. The molecule has 8 heteroatoms. The van der Waals surface area contributed by atoms with Gasteiger partial charge in [-0.05, 0) is 68.4 Å². The summed E-state index contributed by atoms with van der Waals surface area (Å²) in [6.45, 7) is 4.91. The summed E-state index contributed by atoms with van der Waals surface area (Å²) in [5.74, 6) is 0.126. The van der Waals surface area contributed by atoms with E-state index in [9.17, 15) is 19.5 Å². The van der Waals surface area contributed by atoms with Crippen molar-refractivity contribution in [2.75, 3.05) is 18.6 Å². The molecule has 1 aromatic heterocycles. The molecule has 7 nitrogen and oxygen atoms in total. The molecule has 2 N–H and O–H groups in total. The topological polar surface area (TPSA) is 91.6 Å². The number of aromatic nitrogens is 1. The lowest BCUT2D eigenvalue weighted by atomic mass is 9.90. The van der Waals surface area contributed by atoms with Gasteiger partial charge in [-0.15, -0.1) is 0 Å². The molecule has 3 atom stereocenters. The number of thioether (sulfide) groups is 1. The first-order valence-corrected chi connectivity index (χ1v) is 13.3. The average molecular weight is 480 g/mol. The number of nitrogens with zero attached hydrogens (tertiary/aromatic N) is 2. The van der Waals surface area contributed by atoms with E-state index < -0.39 is 17.0 Å². The van der Waals surface area contributed by atoms with Gasteiger partial charge in [0.15, 0.2) is 5.75 Å². The summed E-state index contributed by atoms with van der Waals surface area (Å²) in [5.41, 5.74) is 2.55. The lowest BCUT2D eigenvalue weighted by molar-refractivity contribution is 0.0720. The van der Waals surface area contributed by atoms with Gasteiger partial charge in [-0.1, -0.05) is 18.2 Å². The summed E-state index contributed by atoms with van der Waals surface area (Å²) in [6.07, 6.45) is 5.08. The van der Waals surface area contributed by atoms with E-state index in [-0.39, 0.29) is 28.5 Å². The molecule has 0 saturated heterocycles. The number of pyridine rings is 1. The molecule has 2 aliphatic carbocycles. The van der Waals surface area contributed by atoms with Crippen molar-refractivity contribution in [1.29, 1.82) is 0 Å². The second-order valence-electron chi connectivity index (χ2n) is 10.4. The Balaban J connectivity index is 1.44. The van der Waals surface area contributed by atoms with E-state index in [4.69, 9.17) is 0 Å². The smallest absolute Gasteiger partial charge is 0.296 e. The number of hydrogen-bond acceptors (Lipinski definition) is 5. The first-order chi connectivity index (χ1) is 16.2. The lowest BCUT2D eigenvalue weighted by Crippen LogP contribution is -2.53. The molecule has 4 aliphatic rings. The third-order valence-corrected chi connectivity index (χ3v) is 9.56. The molecule has 1 spiro atoms. The van der Waals surface area contributed by atoms with Crippen molar-refractivity contribution in [3.05, 3.63) is 62.1 Å². The van der Waals surface area contributed by atoms with Gasteiger partial charge in [0.25, 0.3) is 17.4 Å². The molecule has 2 amide bonds. The Morgan fingerprint density at radius 3 is 2.71 bits per heavy atom. The lowest BCUT2D eigenvalue weighted by Gasteiger charge is -2.37. The quantitative estimate of drug-likeness (QED) is 0.704. The summed E-state index contributed by atoms with van der Waals surface area (Å²) in [7, 11) is 0. The minimum Gasteiger partial charge on any atom is -0.502 e. The van der Waals surface area contributed by atoms with Crippen molar-refractivity contribution in [3.8, 4) is 5.75 Å². The van der Waals surface area contributed by atoms with E-state index in [1.54, 1.807) is 21.2 Å². The summed E-state index contributed by atoms with van der Waals surface area (Å²) in [6, 6.07) is 6.09. The van der Waals surface area contributed by atoms with Gasteiger partial charge in [0.05, 0.1) is 5.56 Å². The van der Waals surface area contributed by atoms with Gasteiger partial charge < -0.3 is 15.3 Å². The molecule has 6 rings (SSSR count). The highest BCUT2D eigenvalue weighted by Gasteiger charge is 2.74. The van der Waals surface area contributed by atoms with E-state index in [1.165, 1.54) is 5.56 Å². The zero-order chi connectivity index (χ0) is 24.0. The number of rotatable bonds is 4. The van der Waals surface area contributed by atoms with E-state index in [2.05, 4.69) is 11.4 Å². The third-order valence-electron chi connectivity index (χ3n) is 8.76. The molecule has 1 aromatic carbocycles. The second-order valence-corrected chi connectivity index (χ2v) is 11.3. The number of nitrogens with one attached hydrogen (secondary N) is 1. The monoisotopic (exact) mass is 479 g/mol. The second kappa shape index (κ2) is 7.13. The van der Waals surface area contributed by atoms with Crippen LogP contribution in [0.5, 0.6) is 5.75 Å². The highest BCUT2D eigenvalue weighted by molar-refractivity contribution is 7.98. The Morgan fingerprint density at radius 2 is 2.00 bits per heavy atom. The van der Waals surface area contributed by atoms with E-state index in [0.29, 0.717) is 37.4 Å². The van der Waals surface area contributed by atoms with Gasteiger partial charge in [0, 0.05) is 29.8 Å². The van der Waals surface area contributed by atoms with E-state index in [1.807, 2.05) is 32.2 Å². The fraction of sp³-hybridized carbons (Fsp3) is 0.500. The van der Waals surface area contributed by atoms with Crippen LogP contribution in [0.1, 0.15) is 62.4 Å². The number of amides is 2. The number of hydrogen-bond donors (Lipinski definition) is 2. The molecular weight excluding hydrogens is 450 g/mol. The number of fused-ring (bicyclic) bond motifs is 6. The molecule has 2 saturated carbocycles. The summed E-state index contributed by atoms with van der Waals surface area (Å²) in [4.78, 5) is 42.1. The summed E-state index contributed by atoms with van der Waals surface area (Å²) >= 11 is 1.73. The molecule has 3 unspecified atom stereocenters. The highest BCUT2D eigenvalue weighted by Crippen LogP contribution is 2.71. The van der Waals surface area contributed by atoms with E-state index in [0.717, 1.165) is 29.7 Å². The van der Waals surface area contributed by atoms with Gasteiger partial charge in [0.1, 0.15) is 11.4 Å². The Kier molecular flexibility index (Phi) is 4.57. The summed E-state index contributed by atoms with van der Waals surface area (Å²) < 4.78 is 1.54. The van der Waals surface area contributed by atoms with Crippen LogP contribution in [0, 0.1) is 25.2 Å². The maximum Gasteiger partial charge on any atom is 0.296 e. The van der Waals surface area contributed by atoms with Gasteiger partial charge in [-0.2, -0.15) is 11.8 Å². The minimum absolute atomic E-state index is 0.00259. The minimum atomic E-state index is -0.795. The molecule has 34 heavy (non-hydrogen) atoms. The van der Waals surface area contributed by atoms with Gasteiger partial charge in [0.2, 0.25) is 0 Å². The zero-order valence-corrected chi connectivity index (χ0v) is 20.6. The van der Waals surface area contributed by atoms with Crippen molar-refractivity contribution in [1.82, 2.24) is 14.8 Å². The Morgan fingerprint density at radius 1 is 1.21 bits per heavy atom. The first-order valence-electron chi connectivity index (χ1n) is 11.9. The van der Waals surface area contributed by atoms with Crippen molar-refractivity contribution >= 4 is 23.6 Å². The van der Waals surface area contributed by atoms with E-state index >= 15 is 0 Å². The van der Waals surface area contributed by atoms with Crippen LogP contribution in [0.3, 0.4) is 0 Å². The molecule has 0 bridgehead atoms. The molecule has 0 radical (unpaired) electrons.